The summed E-state index contributed by atoms with van der Waals surface area (Å²) in [4.78, 5) is 2.30. The van der Waals surface area contributed by atoms with Crippen molar-refractivity contribution in [1.82, 2.24) is 9.47 Å². The van der Waals surface area contributed by atoms with Gasteiger partial charge in [-0.1, -0.05) is 18.2 Å². The van der Waals surface area contributed by atoms with E-state index in [4.69, 9.17) is 5.73 Å². The molecule has 0 amide bonds. The Bertz CT molecular complexity index is 540. The van der Waals surface area contributed by atoms with Gasteiger partial charge in [-0.15, -0.1) is 0 Å². The molecule has 0 radical (unpaired) electrons. The number of benzene rings is 1. The van der Waals surface area contributed by atoms with Crippen molar-refractivity contribution >= 4 is 10.9 Å². The van der Waals surface area contributed by atoms with E-state index in [1.165, 1.54) is 16.5 Å². The van der Waals surface area contributed by atoms with Gasteiger partial charge in [0.1, 0.15) is 0 Å². The summed E-state index contributed by atoms with van der Waals surface area (Å²) in [6.45, 7) is 2.08. The van der Waals surface area contributed by atoms with Crippen LogP contribution >= 0.6 is 0 Å². The molecule has 1 aromatic carbocycles. The molecule has 0 aliphatic heterocycles. The van der Waals surface area contributed by atoms with Crippen LogP contribution in [0.3, 0.4) is 0 Å². The molecule has 0 saturated carbocycles. The van der Waals surface area contributed by atoms with Gasteiger partial charge < -0.3 is 15.2 Å². The first-order valence-electron chi connectivity index (χ1n) is 6.96. The van der Waals surface area contributed by atoms with Crippen LogP contribution in [0.4, 0.5) is 0 Å². The molecule has 0 aliphatic rings. The van der Waals surface area contributed by atoms with E-state index in [0.29, 0.717) is 6.04 Å². The van der Waals surface area contributed by atoms with Gasteiger partial charge in [-0.3, -0.25) is 0 Å². The molecule has 104 valence electrons. The maximum atomic E-state index is 5.91. The lowest BCUT2D eigenvalue weighted by atomic mass is 9.98. The van der Waals surface area contributed by atoms with Gasteiger partial charge in [-0.25, -0.2) is 0 Å². The van der Waals surface area contributed by atoms with Crippen molar-refractivity contribution in [1.29, 1.82) is 0 Å². The van der Waals surface area contributed by atoms with E-state index in [1.807, 2.05) is 0 Å². The molecule has 3 heteroatoms. The molecule has 0 bridgehead atoms. The summed E-state index contributed by atoms with van der Waals surface area (Å²) in [5.74, 6) is 0. The quantitative estimate of drug-likeness (QED) is 0.896. The molecule has 19 heavy (non-hydrogen) atoms. The maximum Gasteiger partial charge on any atom is 0.0481 e. The summed E-state index contributed by atoms with van der Waals surface area (Å²) in [7, 11) is 6.41. The predicted molar refractivity (Wildman–Crippen MR) is 82.2 cm³/mol. The SMILES string of the molecule is CC(N)CCC(c1cn(C)c2ccccc12)N(C)C. The fourth-order valence-electron chi connectivity index (χ4n) is 2.75. The zero-order valence-electron chi connectivity index (χ0n) is 12.4. The largest absolute Gasteiger partial charge is 0.350 e. The molecule has 0 aliphatic carbocycles. The monoisotopic (exact) mass is 259 g/mol. The standard InChI is InChI=1S/C16H25N3/c1-12(17)9-10-15(18(2)3)14-11-19(4)16-8-6-5-7-13(14)16/h5-8,11-12,15H,9-10,17H2,1-4H3. The minimum atomic E-state index is 0.262. The highest BCUT2D eigenvalue weighted by molar-refractivity contribution is 5.84. The Hall–Kier alpha value is -1.32. The van der Waals surface area contributed by atoms with Gasteiger partial charge in [-0.2, -0.15) is 0 Å². The molecule has 2 atom stereocenters. The summed E-state index contributed by atoms with van der Waals surface area (Å²) in [5, 5.41) is 1.35. The molecule has 2 N–H and O–H groups in total. The summed E-state index contributed by atoms with van der Waals surface area (Å²) < 4.78 is 2.22. The normalized spacial score (nSPS) is 15.1. The number of nitrogens with zero attached hydrogens (tertiary/aromatic N) is 2. The molecule has 0 saturated heterocycles. The van der Waals surface area contributed by atoms with Crippen LogP contribution in [0.15, 0.2) is 30.5 Å². The second-order valence-corrected chi connectivity index (χ2v) is 5.75. The van der Waals surface area contributed by atoms with E-state index in [9.17, 15) is 0 Å². The van der Waals surface area contributed by atoms with E-state index in [0.717, 1.165) is 12.8 Å². The van der Waals surface area contributed by atoms with Crippen molar-refractivity contribution in [3.8, 4) is 0 Å². The summed E-state index contributed by atoms with van der Waals surface area (Å²) in [6.07, 6.45) is 4.40. The van der Waals surface area contributed by atoms with E-state index in [2.05, 4.69) is 68.0 Å². The van der Waals surface area contributed by atoms with Gasteiger partial charge in [0.25, 0.3) is 0 Å². The third-order valence-electron chi connectivity index (χ3n) is 3.81. The van der Waals surface area contributed by atoms with Gasteiger partial charge in [0.2, 0.25) is 0 Å². The number of hydrogen-bond acceptors (Lipinski definition) is 2. The Labute approximate surface area is 116 Å². The van der Waals surface area contributed by atoms with Crippen molar-refractivity contribution in [2.75, 3.05) is 14.1 Å². The van der Waals surface area contributed by atoms with E-state index < -0.39 is 0 Å². The number of fused-ring (bicyclic) bond motifs is 1. The van der Waals surface area contributed by atoms with E-state index in [-0.39, 0.29) is 6.04 Å². The molecule has 1 heterocycles. The number of nitrogens with two attached hydrogens (primary N) is 1. The van der Waals surface area contributed by atoms with Crippen molar-refractivity contribution in [3.05, 3.63) is 36.0 Å². The average molecular weight is 259 g/mol. The Morgan fingerprint density at radius 3 is 2.53 bits per heavy atom. The highest BCUT2D eigenvalue weighted by Crippen LogP contribution is 2.31. The van der Waals surface area contributed by atoms with Gasteiger partial charge in [0.05, 0.1) is 0 Å². The van der Waals surface area contributed by atoms with Crippen molar-refractivity contribution in [2.45, 2.75) is 31.8 Å². The predicted octanol–water partition coefficient (Wildman–Crippen LogP) is 2.91. The maximum absolute atomic E-state index is 5.91. The van der Waals surface area contributed by atoms with Crippen LogP contribution in [-0.2, 0) is 7.05 Å². The van der Waals surface area contributed by atoms with Gasteiger partial charge in [0, 0.05) is 36.2 Å². The molecule has 2 unspecified atom stereocenters. The van der Waals surface area contributed by atoms with Crippen LogP contribution in [0.5, 0.6) is 0 Å². The third-order valence-corrected chi connectivity index (χ3v) is 3.81. The highest BCUT2D eigenvalue weighted by atomic mass is 15.1. The Balaban J connectivity index is 2.39. The van der Waals surface area contributed by atoms with Crippen LogP contribution in [0.1, 0.15) is 31.4 Å². The lowest BCUT2D eigenvalue weighted by Crippen LogP contribution is -2.23. The molecule has 2 rings (SSSR count). The number of aryl methyl sites for hydroxylation is 1. The van der Waals surface area contributed by atoms with Crippen molar-refractivity contribution in [2.24, 2.45) is 12.8 Å². The van der Waals surface area contributed by atoms with Crippen molar-refractivity contribution in [3.63, 3.8) is 0 Å². The molecule has 3 nitrogen and oxygen atoms in total. The highest BCUT2D eigenvalue weighted by Gasteiger charge is 2.19. The summed E-state index contributed by atoms with van der Waals surface area (Å²) in [5.41, 5.74) is 8.62. The Kier molecular flexibility index (Phi) is 4.27. The first-order chi connectivity index (χ1) is 9.00. The van der Waals surface area contributed by atoms with Crippen LogP contribution < -0.4 is 5.73 Å². The van der Waals surface area contributed by atoms with Gasteiger partial charge in [0.15, 0.2) is 0 Å². The molecule has 2 aromatic rings. The Morgan fingerprint density at radius 1 is 1.21 bits per heavy atom. The fraction of sp³-hybridized carbons (Fsp3) is 0.500. The third kappa shape index (κ3) is 2.99. The molecular formula is C16H25N3. The number of rotatable bonds is 5. The number of para-hydroxylation sites is 1. The molecule has 0 fully saturated rings. The average Bonchev–Trinajstić information content (AvgIpc) is 2.67. The van der Waals surface area contributed by atoms with Crippen LogP contribution in [-0.4, -0.2) is 29.6 Å². The van der Waals surface area contributed by atoms with Crippen LogP contribution in [0.25, 0.3) is 10.9 Å². The first kappa shape index (κ1) is 14.1. The molecule has 1 aromatic heterocycles. The minimum Gasteiger partial charge on any atom is -0.350 e. The van der Waals surface area contributed by atoms with Gasteiger partial charge in [-0.05, 0) is 45.5 Å². The molecular weight excluding hydrogens is 234 g/mol. The lowest BCUT2D eigenvalue weighted by Gasteiger charge is -2.25. The summed E-state index contributed by atoms with van der Waals surface area (Å²) in [6, 6.07) is 9.29. The smallest absolute Gasteiger partial charge is 0.0481 e. The Morgan fingerprint density at radius 2 is 1.89 bits per heavy atom. The van der Waals surface area contributed by atoms with Crippen molar-refractivity contribution < 1.29 is 0 Å². The zero-order chi connectivity index (χ0) is 14.0. The second-order valence-electron chi connectivity index (χ2n) is 5.75. The second kappa shape index (κ2) is 5.76. The fourth-order valence-corrected chi connectivity index (χ4v) is 2.75. The van der Waals surface area contributed by atoms with Crippen LogP contribution in [0, 0.1) is 0 Å². The lowest BCUT2D eigenvalue weighted by molar-refractivity contribution is 0.276. The van der Waals surface area contributed by atoms with E-state index >= 15 is 0 Å². The summed E-state index contributed by atoms with van der Waals surface area (Å²) >= 11 is 0. The number of aromatic nitrogens is 1. The van der Waals surface area contributed by atoms with Crippen LogP contribution in [0.2, 0.25) is 0 Å². The van der Waals surface area contributed by atoms with Gasteiger partial charge >= 0.3 is 0 Å². The topological polar surface area (TPSA) is 34.2 Å². The molecule has 0 spiro atoms. The zero-order valence-corrected chi connectivity index (χ0v) is 12.4. The minimum absolute atomic E-state index is 0.262. The first-order valence-corrected chi connectivity index (χ1v) is 6.96. The van der Waals surface area contributed by atoms with E-state index in [1.54, 1.807) is 0 Å². The number of hydrogen-bond donors (Lipinski definition) is 1.